The average Bonchev–Trinajstić information content (AvgIpc) is 2.97. The van der Waals surface area contributed by atoms with E-state index in [4.69, 9.17) is 23.3 Å². The lowest BCUT2D eigenvalue weighted by molar-refractivity contribution is -0.123. The van der Waals surface area contributed by atoms with Crippen molar-refractivity contribution in [3.63, 3.8) is 0 Å². The first kappa shape index (κ1) is 28.6. The topological polar surface area (TPSA) is 141 Å². The number of hydrazine groups is 1. The molecular formula is C29H33ClN8O2. The highest BCUT2D eigenvalue weighted by molar-refractivity contribution is 6.30. The van der Waals surface area contributed by atoms with Crippen molar-refractivity contribution in [3.8, 4) is 0 Å². The van der Waals surface area contributed by atoms with Crippen LogP contribution >= 0.6 is 11.6 Å². The molecule has 10 nitrogen and oxygen atoms in total. The van der Waals surface area contributed by atoms with Gasteiger partial charge in [-0.1, -0.05) is 41.9 Å². The molecule has 0 aliphatic carbocycles. The minimum absolute atomic E-state index is 0.317. The van der Waals surface area contributed by atoms with E-state index in [9.17, 15) is 9.59 Å². The Kier molecular flexibility index (Phi) is 10.1. The summed E-state index contributed by atoms with van der Waals surface area (Å²) in [5.74, 6) is 10.4. The van der Waals surface area contributed by atoms with Gasteiger partial charge in [-0.25, -0.2) is 5.84 Å². The Hall–Kier alpha value is -4.38. The van der Waals surface area contributed by atoms with E-state index >= 15 is 0 Å². The molecule has 3 aromatic carbocycles. The Morgan fingerprint density at radius 2 is 1.80 bits per heavy atom. The monoisotopic (exact) mass is 560 g/mol. The van der Waals surface area contributed by atoms with Crippen LogP contribution in [0, 0.1) is 0 Å². The van der Waals surface area contributed by atoms with Gasteiger partial charge in [-0.3, -0.25) is 14.6 Å². The van der Waals surface area contributed by atoms with Gasteiger partial charge >= 0.3 is 0 Å². The van der Waals surface area contributed by atoms with Gasteiger partial charge in [0, 0.05) is 60.6 Å². The SMILES string of the molecule is N/N=C\N(N)c1ccc(Cl)cc1/C=C/C(=O)N[C@@H](Cc1ccccc1)C(=O)Nc1ccc(N2CCNCC2)cc1. The fourth-order valence-electron chi connectivity index (χ4n) is 4.38. The van der Waals surface area contributed by atoms with E-state index in [-0.39, 0.29) is 5.91 Å². The standard InChI is InChI=1S/C29H33ClN8O2/c30-23-7-12-27(38(32)20-34-31)22(19-23)6-13-28(39)36-26(18-21-4-2-1-3-5-21)29(40)35-24-8-10-25(11-9-24)37-16-14-33-15-17-37/h1-13,19-20,26,33H,14-18,31-32H2,(H,35,40)(H,36,39)/b13-6+,34-20-/t26-/m0/s1. The summed E-state index contributed by atoms with van der Waals surface area (Å²) >= 11 is 6.15. The van der Waals surface area contributed by atoms with Gasteiger partial charge in [-0.15, -0.1) is 0 Å². The number of carbonyl (C=O) groups excluding carboxylic acids is 2. The summed E-state index contributed by atoms with van der Waals surface area (Å²) in [6, 6.07) is 21.4. The summed E-state index contributed by atoms with van der Waals surface area (Å²) in [5, 5.41) is 14.2. The molecular weight excluding hydrogens is 528 g/mol. The molecule has 0 bridgehead atoms. The van der Waals surface area contributed by atoms with Gasteiger partial charge in [0.2, 0.25) is 11.8 Å². The van der Waals surface area contributed by atoms with Crippen molar-refractivity contribution in [2.24, 2.45) is 16.8 Å². The van der Waals surface area contributed by atoms with Crippen molar-refractivity contribution in [1.29, 1.82) is 0 Å². The van der Waals surface area contributed by atoms with Crippen molar-refractivity contribution in [1.82, 2.24) is 10.6 Å². The molecule has 1 saturated heterocycles. The lowest BCUT2D eigenvalue weighted by atomic mass is 10.0. The number of nitrogens with one attached hydrogen (secondary N) is 3. The number of nitrogens with zero attached hydrogens (tertiary/aromatic N) is 3. The third kappa shape index (κ3) is 8.06. The number of amides is 2. The number of benzene rings is 3. The maximum absolute atomic E-state index is 13.3. The molecule has 40 heavy (non-hydrogen) atoms. The van der Waals surface area contributed by atoms with Crippen LogP contribution in [0.15, 0.2) is 84.0 Å². The summed E-state index contributed by atoms with van der Waals surface area (Å²) in [7, 11) is 0. The van der Waals surface area contributed by atoms with Crippen LogP contribution in [-0.2, 0) is 16.0 Å². The summed E-state index contributed by atoms with van der Waals surface area (Å²) < 4.78 is 0. The summed E-state index contributed by atoms with van der Waals surface area (Å²) in [6.45, 7) is 3.76. The maximum atomic E-state index is 13.3. The Labute approximate surface area is 238 Å². The van der Waals surface area contributed by atoms with Gasteiger partial charge < -0.3 is 26.7 Å². The number of carbonyl (C=O) groups is 2. The molecule has 0 spiro atoms. The number of anilines is 3. The van der Waals surface area contributed by atoms with Crippen LogP contribution in [0.5, 0.6) is 0 Å². The Morgan fingerprint density at radius 1 is 1.07 bits per heavy atom. The Morgan fingerprint density at radius 3 is 2.50 bits per heavy atom. The second kappa shape index (κ2) is 14.1. The van der Waals surface area contributed by atoms with E-state index in [0.717, 1.165) is 37.4 Å². The highest BCUT2D eigenvalue weighted by Gasteiger charge is 2.21. The molecule has 1 aliphatic rings. The molecule has 2 amide bonds. The first-order valence-electron chi connectivity index (χ1n) is 12.9. The van der Waals surface area contributed by atoms with E-state index in [0.29, 0.717) is 28.4 Å². The number of hydrogen-bond acceptors (Lipinski definition) is 7. The minimum Gasteiger partial charge on any atom is -0.369 e. The lowest BCUT2D eigenvalue weighted by Crippen LogP contribution is -2.44. The molecule has 0 radical (unpaired) electrons. The minimum atomic E-state index is -0.818. The average molecular weight is 561 g/mol. The van der Waals surface area contributed by atoms with Crippen LogP contribution in [-0.4, -0.2) is 50.4 Å². The fourth-order valence-corrected chi connectivity index (χ4v) is 4.56. The first-order chi connectivity index (χ1) is 19.4. The zero-order chi connectivity index (χ0) is 28.3. The zero-order valence-corrected chi connectivity index (χ0v) is 22.7. The van der Waals surface area contributed by atoms with Crippen molar-refractivity contribution < 1.29 is 9.59 Å². The second-order valence-corrected chi connectivity index (χ2v) is 9.67. The van der Waals surface area contributed by atoms with E-state index in [2.05, 4.69) is 26.0 Å². The smallest absolute Gasteiger partial charge is 0.247 e. The number of hydrazone groups is 1. The highest BCUT2D eigenvalue weighted by Crippen LogP contribution is 2.24. The van der Waals surface area contributed by atoms with Crippen LogP contribution < -0.4 is 37.5 Å². The predicted molar refractivity (Wildman–Crippen MR) is 162 cm³/mol. The molecule has 1 aliphatic heterocycles. The molecule has 1 fully saturated rings. The second-order valence-electron chi connectivity index (χ2n) is 9.23. The third-order valence-electron chi connectivity index (χ3n) is 6.41. The largest absolute Gasteiger partial charge is 0.369 e. The fraction of sp³-hybridized carbons (Fsp3) is 0.207. The third-order valence-corrected chi connectivity index (χ3v) is 6.64. The van der Waals surface area contributed by atoms with Gasteiger partial charge in [0.25, 0.3) is 0 Å². The van der Waals surface area contributed by atoms with Crippen LogP contribution in [0.1, 0.15) is 11.1 Å². The number of halogens is 1. The van der Waals surface area contributed by atoms with Gasteiger partial charge in [0.05, 0.1) is 5.69 Å². The van der Waals surface area contributed by atoms with E-state index in [1.165, 1.54) is 17.4 Å². The maximum Gasteiger partial charge on any atom is 0.247 e. The molecule has 3 aromatic rings. The molecule has 1 atom stereocenters. The summed E-state index contributed by atoms with van der Waals surface area (Å²) in [4.78, 5) is 28.6. The lowest BCUT2D eigenvalue weighted by Gasteiger charge is -2.29. The normalized spacial score (nSPS) is 14.3. The molecule has 1 heterocycles. The molecule has 0 aromatic heterocycles. The van der Waals surface area contributed by atoms with Gasteiger partial charge in [0.15, 0.2) is 0 Å². The Balaban J connectivity index is 1.47. The number of hydrogen-bond donors (Lipinski definition) is 5. The molecule has 7 N–H and O–H groups in total. The Bertz CT molecular complexity index is 1340. The number of nitrogens with two attached hydrogens (primary N) is 2. The molecule has 0 unspecified atom stereocenters. The molecule has 4 rings (SSSR count). The molecule has 11 heteroatoms. The summed E-state index contributed by atoms with van der Waals surface area (Å²) in [5.41, 5.74) is 3.77. The van der Waals surface area contributed by atoms with Gasteiger partial charge in [-0.2, -0.15) is 5.10 Å². The van der Waals surface area contributed by atoms with Crippen molar-refractivity contribution in [3.05, 3.63) is 95.0 Å². The van der Waals surface area contributed by atoms with Crippen molar-refractivity contribution >= 4 is 52.9 Å². The van der Waals surface area contributed by atoms with Crippen molar-refractivity contribution in [2.45, 2.75) is 12.5 Å². The van der Waals surface area contributed by atoms with E-state index in [1.807, 2.05) is 54.6 Å². The van der Waals surface area contributed by atoms with E-state index < -0.39 is 11.9 Å². The zero-order valence-electron chi connectivity index (χ0n) is 22.0. The number of rotatable bonds is 10. The van der Waals surface area contributed by atoms with Gasteiger partial charge in [0.1, 0.15) is 12.4 Å². The quantitative estimate of drug-likeness (QED) is 0.0844. The van der Waals surface area contributed by atoms with Crippen molar-refractivity contribution in [2.75, 3.05) is 41.4 Å². The molecule has 0 saturated carbocycles. The van der Waals surface area contributed by atoms with Crippen LogP contribution in [0.4, 0.5) is 17.1 Å². The van der Waals surface area contributed by atoms with Crippen LogP contribution in [0.25, 0.3) is 6.08 Å². The van der Waals surface area contributed by atoms with Crippen LogP contribution in [0.2, 0.25) is 5.02 Å². The van der Waals surface area contributed by atoms with E-state index in [1.54, 1.807) is 24.3 Å². The number of piperazine rings is 1. The first-order valence-corrected chi connectivity index (χ1v) is 13.3. The predicted octanol–water partition coefficient (Wildman–Crippen LogP) is 2.71. The van der Waals surface area contributed by atoms with Gasteiger partial charge in [-0.05, 0) is 54.1 Å². The highest BCUT2D eigenvalue weighted by atomic mass is 35.5. The van der Waals surface area contributed by atoms with Crippen LogP contribution in [0.3, 0.4) is 0 Å². The molecule has 208 valence electrons. The summed E-state index contributed by atoms with van der Waals surface area (Å²) in [6.07, 6.45) is 4.44.